The predicted molar refractivity (Wildman–Crippen MR) is 83.7 cm³/mol. The number of hydrogen-bond acceptors (Lipinski definition) is 3. The molecule has 25 heavy (non-hydrogen) atoms. The molecule has 0 aliphatic carbocycles. The van der Waals surface area contributed by atoms with Crippen molar-refractivity contribution in [2.24, 2.45) is 0 Å². The van der Waals surface area contributed by atoms with Gasteiger partial charge in [0.05, 0.1) is 13.2 Å². The second-order valence-corrected chi connectivity index (χ2v) is 6.03. The Balaban J connectivity index is 1.71. The first-order valence-electron chi connectivity index (χ1n) is 7.82. The Morgan fingerprint density at radius 2 is 1.92 bits per heavy atom. The molecule has 0 unspecified atom stereocenters. The van der Waals surface area contributed by atoms with E-state index >= 15 is 0 Å². The molecule has 1 atom stereocenters. The van der Waals surface area contributed by atoms with Crippen molar-refractivity contribution in [2.45, 2.75) is 18.5 Å². The van der Waals surface area contributed by atoms with Crippen LogP contribution in [-0.4, -0.2) is 23.4 Å². The van der Waals surface area contributed by atoms with Crippen LogP contribution < -0.4 is 10.1 Å². The van der Waals surface area contributed by atoms with Gasteiger partial charge in [-0.2, -0.15) is 0 Å². The number of ether oxygens (including phenoxy) is 1. The Kier molecular flexibility index (Phi) is 3.45. The molecule has 1 N–H and O–H groups in total. The Morgan fingerprint density at radius 3 is 2.76 bits per heavy atom. The van der Waals surface area contributed by atoms with Crippen LogP contribution in [0.25, 0.3) is 0 Å². The molecule has 0 radical (unpaired) electrons. The second-order valence-electron chi connectivity index (χ2n) is 6.03. The number of para-hydroxylation sites is 1. The quantitative estimate of drug-likeness (QED) is 0.852. The number of nitrogens with zero attached hydrogens (tertiary/aromatic N) is 1. The number of fused-ring (bicyclic) bond motifs is 2. The number of carbonyl (C=O) groups excluding carboxylic acids is 2. The lowest BCUT2D eigenvalue weighted by Gasteiger charge is -2.33. The molecule has 2 aliphatic rings. The first-order chi connectivity index (χ1) is 12.0. The van der Waals surface area contributed by atoms with Gasteiger partial charge in [-0.15, -0.1) is 0 Å². The number of amides is 3. The lowest BCUT2D eigenvalue weighted by molar-refractivity contribution is -0.133. The van der Waals surface area contributed by atoms with Gasteiger partial charge in [0.15, 0.2) is 17.2 Å². The molecule has 7 heteroatoms. The summed E-state index contributed by atoms with van der Waals surface area (Å²) in [5, 5.41) is 2.72. The minimum Gasteiger partial charge on any atom is -0.493 e. The summed E-state index contributed by atoms with van der Waals surface area (Å²) in [4.78, 5) is 26.3. The van der Waals surface area contributed by atoms with Crippen LogP contribution in [0.3, 0.4) is 0 Å². The van der Waals surface area contributed by atoms with Crippen molar-refractivity contribution in [2.75, 3.05) is 6.61 Å². The van der Waals surface area contributed by atoms with Gasteiger partial charge in [0.25, 0.3) is 5.91 Å². The van der Waals surface area contributed by atoms with Crippen molar-refractivity contribution in [3.63, 3.8) is 0 Å². The average molecular weight is 344 g/mol. The van der Waals surface area contributed by atoms with Crippen LogP contribution in [0.2, 0.25) is 0 Å². The number of urea groups is 1. The van der Waals surface area contributed by atoms with Crippen LogP contribution in [0.1, 0.15) is 17.5 Å². The van der Waals surface area contributed by atoms with Crippen LogP contribution in [-0.2, 0) is 16.9 Å². The molecule has 2 aliphatic heterocycles. The van der Waals surface area contributed by atoms with Crippen molar-refractivity contribution in [3.8, 4) is 5.75 Å². The Hall–Kier alpha value is -2.96. The van der Waals surface area contributed by atoms with Crippen LogP contribution in [0.5, 0.6) is 5.75 Å². The van der Waals surface area contributed by atoms with E-state index in [1.54, 1.807) is 24.3 Å². The number of imide groups is 1. The molecular formula is C18H14F2N2O3. The van der Waals surface area contributed by atoms with E-state index < -0.39 is 29.1 Å². The van der Waals surface area contributed by atoms with Crippen LogP contribution in [0.4, 0.5) is 13.6 Å². The van der Waals surface area contributed by atoms with Crippen LogP contribution in [0.15, 0.2) is 42.5 Å². The second kappa shape index (κ2) is 5.54. The average Bonchev–Trinajstić information content (AvgIpc) is 2.84. The summed E-state index contributed by atoms with van der Waals surface area (Å²) in [7, 11) is 0. The Labute approximate surface area is 142 Å². The van der Waals surface area contributed by atoms with E-state index in [4.69, 9.17) is 4.74 Å². The van der Waals surface area contributed by atoms with Gasteiger partial charge in [0.1, 0.15) is 5.75 Å². The number of hydrogen-bond donors (Lipinski definition) is 1. The maximum absolute atomic E-state index is 13.9. The third-order valence-electron chi connectivity index (χ3n) is 4.62. The normalized spacial score (nSPS) is 21.9. The highest BCUT2D eigenvalue weighted by atomic mass is 19.2. The molecule has 2 aromatic carbocycles. The first-order valence-corrected chi connectivity index (χ1v) is 7.82. The van der Waals surface area contributed by atoms with Gasteiger partial charge in [-0.1, -0.05) is 30.3 Å². The van der Waals surface area contributed by atoms with Gasteiger partial charge in [0, 0.05) is 17.5 Å². The van der Waals surface area contributed by atoms with Gasteiger partial charge >= 0.3 is 6.03 Å². The molecule has 0 saturated carbocycles. The third kappa shape index (κ3) is 2.26. The summed E-state index contributed by atoms with van der Waals surface area (Å²) in [5.41, 5.74) is -0.710. The number of nitrogens with one attached hydrogen (secondary N) is 1. The zero-order valence-electron chi connectivity index (χ0n) is 13.1. The number of rotatable bonds is 2. The zero-order chi connectivity index (χ0) is 17.6. The van der Waals surface area contributed by atoms with Gasteiger partial charge in [0.2, 0.25) is 0 Å². The molecule has 1 spiro atoms. The van der Waals surface area contributed by atoms with Crippen molar-refractivity contribution >= 4 is 11.9 Å². The lowest BCUT2D eigenvalue weighted by Crippen LogP contribution is -2.47. The standard InChI is InChI=1S/C18H14F2N2O3/c19-13-6-3-4-11(15(13)20)10-22-16(23)18(21-17(22)24)8-9-25-14-7-2-1-5-12(14)18/h1-7H,8-10H2,(H,21,24)/t18-/m1/s1. The third-order valence-corrected chi connectivity index (χ3v) is 4.62. The minimum absolute atomic E-state index is 0.0547. The fourth-order valence-corrected chi connectivity index (χ4v) is 3.36. The molecule has 3 amide bonds. The zero-order valence-corrected chi connectivity index (χ0v) is 13.1. The van der Waals surface area contributed by atoms with Gasteiger partial charge in [-0.05, 0) is 12.1 Å². The summed E-state index contributed by atoms with van der Waals surface area (Å²) in [6.07, 6.45) is 0.275. The minimum atomic E-state index is -1.23. The fourth-order valence-electron chi connectivity index (χ4n) is 3.36. The molecular weight excluding hydrogens is 330 g/mol. The maximum atomic E-state index is 13.9. The lowest BCUT2D eigenvalue weighted by atomic mass is 9.84. The smallest absolute Gasteiger partial charge is 0.325 e. The van der Waals surface area contributed by atoms with E-state index in [0.29, 0.717) is 11.3 Å². The van der Waals surface area contributed by atoms with E-state index in [0.717, 1.165) is 11.0 Å². The number of benzene rings is 2. The molecule has 0 aromatic heterocycles. The fraction of sp³-hybridized carbons (Fsp3) is 0.222. The molecule has 2 aromatic rings. The summed E-state index contributed by atoms with van der Waals surface area (Å²) >= 11 is 0. The summed E-state index contributed by atoms with van der Waals surface area (Å²) in [5.74, 6) is -2.04. The van der Waals surface area contributed by atoms with Crippen LogP contribution >= 0.6 is 0 Å². The summed E-state index contributed by atoms with van der Waals surface area (Å²) < 4.78 is 32.9. The highest BCUT2D eigenvalue weighted by Gasteiger charge is 2.54. The van der Waals surface area contributed by atoms with Gasteiger partial charge in [-0.25, -0.2) is 13.6 Å². The Bertz CT molecular complexity index is 886. The van der Waals surface area contributed by atoms with Crippen molar-refractivity contribution in [3.05, 3.63) is 65.2 Å². The number of carbonyl (C=O) groups is 2. The molecule has 128 valence electrons. The van der Waals surface area contributed by atoms with Crippen molar-refractivity contribution < 1.29 is 23.1 Å². The Morgan fingerprint density at radius 1 is 1.12 bits per heavy atom. The predicted octanol–water partition coefficient (Wildman–Crippen LogP) is 2.69. The maximum Gasteiger partial charge on any atom is 0.325 e. The SMILES string of the molecule is O=C1N[C@@]2(CCOc3ccccc32)C(=O)N1Cc1cccc(F)c1F. The van der Waals surface area contributed by atoms with E-state index in [-0.39, 0.29) is 25.1 Å². The topological polar surface area (TPSA) is 58.6 Å². The highest BCUT2D eigenvalue weighted by molar-refractivity contribution is 6.07. The molecule has 1 saturated heterocycles. The highest BCUT2D eigenvalue weighted by Crippen LogP contribution is 2.41. The largest absolute Gasteiger partial charge is 0.493 e. The van der Waals surface area contributed by atoms with Crippen molar-refractivity contribution in [1.29, 1.82) is 0 Å². The van der Waals surface area contributed by atoms with Crippen LogP contribution in [0, 0.1) is 11.6 Å². The van der Waals surface area contributed by atoms with E-state index in [2.05, 4.69) is 5.32 Å². The van der Waals surface area contributed by atoms with E-state index in [9.17, 15) is 18.4 Å². The molecule has 0 bridgehead atoms. The van der Waals surface area contributed by atoms with E-state index in [1.165, 1.54) is 12.1 Å². The van der Waals surface area contributed by atoms with Gasteiger partial charge < -0.3 is 10.1 Å². The molecule has 4 rings (SSSR count). The first kappa shape index (κ1) is 15.6. The summed E-state index contributed by atoms with van der Waals surface area (Å²) in [6.45, 7) is -0.0652. The van der Waals surface area contributed by atoms with Crippen molar-refractivity contribution in [1.82, 2.24) is 10.2 Å². The van der Waals surface area contributed by atoms with Gasteiger partial charge in [-0.3, -0.25) is 9.69 Å². The molecule has 5 nitrogen and oxygen atoms in total. The summed E-state index contributed by atoms with van der Waals surface area (Å²) in [6, 6.07) is 10.0. The molecule has 2 heterocycles. The monoisotopic (exact) mass is 344 g/mol. The molecule has 1 fully saturated rings. The van der Waals surface area contributed by atoms with E-state index in [1.807, 2.05) is 0 Å². The number of halogens is 2.